The molecule has 2 aliphatic heterocycles. The van der Waals surface area contributed by atoms with Crippen LogP contribution in [0, 0.1) is 0 Å². The molecule has 0 spiro atoms. The largest absolute Gasteiger partial charge is 0.474 e. The first-order chi connectivity index (χ1) is 12.3. The average Bonchev–Trinajstić information content (AvgIpc) is 2.92. The van der Waals surface area contributed by atoms with Crippen LogP contribution in [0.5, 0.6) is 5.88 Å². The molecule has 25 heavy (non-hydrogen) atoms. The van der Waals surface area contributed by atoms with Gasteiger partial charge in [-0.3, -0.25) is 4.98 Å². The second-order valence-electron chi connectivity index (χ2n) is 6.59. The van der Waals surface area contributed by atoms with Crippen molar-refractivity contribution in [2.24, 2.45) is 0 Å². The summed E-state index contributed by atoms with van der Waals surface area (Å²) in [6, 6.07) is 9.79. The van der Waals surface area contributed by atoms with Gasteiger partial charge < -0.3 is 14.4 Å². The Labute approximate surface area is 146 Å². The van der Waals surface area contributed by atoms with E-state index in [1.54, 1.807) is 18.6 Å². The number of hydrogen-bond donors (Lipinski definition) is 0. The first kappa shape index (κ1) is 15.9. The highest BCUT2D eigenvalue weighted by Crippen LogP contribution is 2.37. The molecule has 0 saturated carbocycles. The highest BCUT2D eigenvalue weighted by Gasteiger charge is 2.44. The van der Waals surface area contributed by atoms with Crippen molar-refractivity contribution in [3.05, 3.63) is 54.5 Å². The van der Waals surface area contributed by atoms with Gasteiger partial charge in [0.2, 0.25) is 5.88 Å². The maximum absolute atomic E-state index is 12.5. The van der Waals surface area contributed by atoms with Gasteiger partial charge in [-0.25, -0.2) is 9.78 Å². The van der Waals surface area contributed by atoms with Crippen molar-refractivity contribution >= 4 is 6.09 Å². The maximum atomic E-state index is 12.5. The normalized spacial score (nSPS) is 24.8. The van der Waals surface area contributed by atoms with Crippen molar-refractivity contribution in [1.29, 1.82) is 0 Å². The summed E-state index contributed by atoms with van der Waals surface area (Å²) in [5.41, 5.74) is 0.900. The number of ether oxygens (including phenoxy) is 2. The van der Waals surface area contributed by atoms with Gasteiger partial charge in [0.05, 0.1) is 0 Å². The van der Waals surface area contributed by atoms with E-state index >= 15 is 0 Å². The molecule has 2 unspecified atom stereocenters. The van der Waals surface area contributed by atoms with Gasteiger partial charge in [0.25, 0.3) is 0 Å². The van der Waals surface area contributed by atoms with Gasteiger partial charge in [-0.15, -0.1) is 0 Å². The molecule has 6 nitrogen and oxygen atoms in total. The van der Waals surface area contributed by atoms with Crippen LogP contribution in [-0.4, -0.2) is 39.1 Å². The predicted molar refractivity (Wildman–Crippen MR) is 91.0 cm³/mol. The summed E-state index contributed by atoms with van der Waals surface area (Å²) in [6.45, 7) is 0.260. The van der Waals surface area contributed by atoms with Crippen molar-refractivity contribution in [2.45, 2.75) is 50.5 Å². The molecule has 130 valence electrons. The standard InChI is InChI=1S/C19H21N3O3/c23-19(24-13-14-4-3-8-20-12-14)22-15-6-7-16(22)11-17(10-15)25-18-5-1-2-9-21-18/h1-5,8-9,12,15-17H,6-7,10-11,13H2. The number of carbonyl (C=O) groups is 1. The second kappa shape index (κ2) is 7.09. The van der Waals surface area contributed by atoms with Crippen LogP contribution in [-0.2, 0) is 11.3 Å². The van der Waals surface area contributed by atoms with Gasteiger partial charge in [-0.2, -0.15) is 0 Å². The van der Waals surface area contributed by atoms with E-state index in [2.05, 4.69) is 9.97 Å². The van der Waals surface area contributed by atoms with Crippen molar-refractivity contribution in [3.63, 3.8) is 0 Å². The molecular weight excluding hydrogens is 318 g/mol. The van der Waals surface area contributed by atoms with E-state index in [1.165, 1.54) is 0 Å². The van der Waals surface area contributed by atoms with Crippen LogP contribution in [0.15, 0.2) is 48.9 Å². The average molecular weight is 339 g/mol. The molecule has 4 rings (SSSR count). The van der Waals surface area contributed by atoms with Crippen molar-refractivity contribution in [1.82, 2.24) is 14.9 Å². The van der Waals surface area contributed by atoms with E-state index in [-0.39, 0.29) is 30.9 Å². The van der Waals surface area contributed by atoms with Crippen molar-refractivity contribution in [2.75, 3.05) is 0 Å². The molecule has 0 aromatic carbocycles. The molecule has 2 fully saturated rings. The third-order valence-electron chi connectivity index (χ3n) is 4.91. The molecule has 0 N–H and O–H groups in total. The number of aromatic nitrogens is 2. The van der Waals surface area contributed by atoms with Crippen LogP contribution in [0.1, 0.15) is 31.2 Å². The monoisotopic (exact) mass is 339 g/mol. The zero-order chi connectivity index (χ0) is 17.1. The Morgan fingerprint density at radius 2 is 1.96 bits per heavy atom. The molecule has 2 atom stereocenters. The lowest BCUT2D eigenvalue weighted by Gasteiger charge is -2.37. The van der Waals surface area contributed by atoms with Crippen LogP contribution in [0.25, 0.3) is 0 Å². The number of hydrogen-bond acceptors (Lipinski definition) is 5. The lowest BCUT2D eigenvalue weighted by molar-refractivity contribution is 0.0291. The van der Waals surface area contributed by atoms with Gasteiger partial charge in [0.1, 0.15) is 12.7 Å². The van der Waals surface area contributed by atoms with E-state index in [0.29, 0.717) is 5.88 Å². The quantitative estimate of drug-likeness (QED) is 0.856. The van der Waals surface area contributed by atoms with E-state index in [4.69, 9.17) is 9.47 Å². The van der Waals surface area contributed by atoms with Gasteiger partial charge in [-0.1, -0.05) is 12.1 Å². The number of piperidine rings is 1. The highest BCUT2D eigenvalue weighted by molar-refractivity contribution is 5.69. The minimum absolute atomic E-state index is 0.106. The summed E-state index contributed by atoms with van der Waals surface area (Å²) in [7, 11) is 0. The van der Waals surface area contributed by atoms with Gasteiger partial charge in [0, 0.05) is 55.1 Å². The summed E-state index contributed by atoms with van der Waals surface area (Å²) in [4.78, 5) is 22.7. The number of amides is 1. The molecule has 0 aliphatic carbocycles. The summed E-state index contributed by atoms with van der Waals surface area (Å²) in [5.74, 6) is 0.652. The number of rotatable bonds is 4. The topological polar surface area (TPSA) is 64.5 Å². The fourth-order valence-electron chi connectivity index (χ4n) is 3.81. The van der Waals surface area contributed by atoms with E-state index in [1.807, 2.05) is 35.2 Å². The second-order valence-corrected chi connectivity index (χ2v) is 6.59. The zero-order valence-electron chi connectivity index (χ0n) is 14.0. The number of fused-ring (bicyclic) bond motifs is 2. The third-order valence-corrected chi connectivity index (χ3v) is 4.91. The lowest BCUT2D eigenvalue weighted by atomic mass is 10.0. The Morgan fingerprint density at radius 3 is 2.64 bits per heavy atom. The van der Waals surface area contributed by atoms with Crippen molar-refractivity contribution in [3.8, 4) is 5.88 Å². The molecule has 2 aromatic heterocycles. The van der Waals surface area contributed by atoms with Crippen LogP contribution in [0.3, 0.4) is 0 Å². The van der Waals surface area contributed by atoms with E-state index in [9.17, 15) is 4.79 Å². The Bertz CT molecular complexity index is 696. The third kappa shape index (κ3) is 3.57. The number of nitrogens with zero attached hydrogens (tertiary/aromatic N) is 3. The number of pyridine rings is 2. The fourth-order valence-corrected chi connectivity index (χ4v) is 3.81. The summed E-state index contributed by atoms with van der Waals surface area (Å²) < 4.78 is 11.5. The Kier molecular flexibility index (Phi) is 4.50. The predicted octanol–water partition coefficient (Wildman–Crippen LogP) is 3.19. The van der Waals surface area contributed by atoms with Gasteiger partial charge >= 0.3 is 6.09 Å². The summed E-state index contributed by atoms with van der Waals surface area (Å²) in [5, 5.41) is 0. The Hall–Kier alpha value is -2.63. The fraction of sp³-hybridized carbons (Fsp3) is 0.421. The van der Waals surface area contributed by atoms with Crippen LogP contribution in [0.2, 0.25) is 0 Å². The van der Waals surface area contributed by atoms with Gasteiger partial charge in [0.15, 0.2) is 0 Å². The van der Waals surface area contributed by atoms with Crippen LogP contribution < -0.4 is 4.74 Å². The minimum Gasteiger partial charge on any atom is -0.474 e. The first-order valence-electron chi connectivity index (χ1n) is 8.71. The van der Waals surface area contributed by atoms with Gasteiger partial charge in [-0.05, 0) is 25.0 Å². The zero-order valence-corrected chi connectivity index (χ0v) is 14.0. The summed E-state index contributed by atoms with van der Waals surface area (Å²) >= 11 is 0. The first-order valence-corrected chi connectivity index (χ1v) is 8.71. The molecule has 2 saturated heterocycles. The molecule has 2 aliphatic rings. The molecule has 4 heterocycles. The molecule has 6 heteroatoms. The molecule has 2 bridgehead atoms. The maximum Gasteiger partial charge on any atom is 0.410 e. The van der Waals surface area contributed by atoms with Crippen LogP contribution >= 0.6 is 0 Å². The SMILES string of the molecule is O=C(OCc1cccnc1)N1C2CCC1CC(Oc1ccccn1)C2. The molecule has 1 amide bonds. The molecule has 0 radical (unpaired) electrons. The van der Waals surface area contributed by atoms with Crippen molar-refractivity contribution < 1.29 is 14.3 Å². The molecular formula is C19H21N3O3. The Balaban J connectivity index is 1.34. The lowest BCUT2D eigenvalue weighted by Crippen LogP contribution is -2.49. The van der Waals surface area contributed by atoms with E-state index in [0.717, 1.165) is 31.2 Å². The smallest absolute Gasteiger partial charge is 0.410 e. The molecule has 2 aromatic rings. The minimum atomic E-state index is -0.229. The highest BCUT2D eigenvalue weighted by atomic mass is 16.6. The summed E-state index contributed by atoms with van der Waals surface area (Å²) in [6.07, 6.45) is 8.71. The van der Waals surface area contributed by atoms with E-state index < -0.39 is 0 Å². The number of carbonyl (C=O) groups excluding carboxylic acids is 1. The Morgan fingerprint density at radius 1 is 1.12 bits per heavy atom. The van der Waals surface area contributed by atoms with Crippen LogP contribution in [0.4, 0.5) is 4.79 Å².